The second-order valence-electron chi connectivity index (χ2n) is 4.05. The van der Waals surface area contributed by atoms with Gasteiger partial charge in [-0.1, -0.05) is 0 Å². The Balaban J connectivity index is -0.000000300. The van der Waals surface area contributed by atoms with Gasteiger partial charge in [-0.2, -0.15) is 0 Å². The summed E-state index contributed by atoms with van der Waals surface area (Å²) in [7, 11) is 2.93. The minimum absolute atomic E-state index is 0. The molecule has 0 aromatic carbocycles. The van der Waals surface area contributed by atoms with Gasteiger partial charge in [0.05, 0.1) is 32.0 Å². The number of carboxylic acids is 1. The molecular weight excluding hydrogens is 334 g/mol. The number of carbonyl (C=O) groups is 4. The third-order valence-electron chi connectivity index (χ3n) is 2.35. The number of esters is 1. The van der Waals surface area contributed by atoms with E-state index in [0.717, 1.165) is 0 Å². The maximum absolute atomic E-state index is 10.8. The Morgan fingerprint density at radius 3 is 1.81 bits per heavy atom. The predicted molar refractivity (Wildman–Crippen MR) is 71.1 cm³/mol. The van der Waals surface area contributed by atoms with Crippen LogP contribution in [-0.2, 0) is 43.4 Å². The van der Waals surface area contributed by atoms with Crippen molar-refractivity contribution < 1.29 is 48.5 Å². The molecule has 0 heterocycles. The van der Waals surface area contributed by atoms with Crippen LogP contribution < -0.4 is 11.1 Å². The molecule has 0 radical (unpaired) electrons. The molecule has 0 aromatic heterocycles. The maximum atomic E-state index is 10.8. The summed E-state index contributed by atoms with van der Waals surface area (Å²) in [5, 5.41) is 10.8. The van der Waals surface area contributed by atoms with Gasteiger partial charge in [0.15, 0.2) is 0 Å². The Morgan fingerprint density at radius 2 is 1.62 bits per heavy atom. The summed E-state index contributed by atoms with van der Waals surface area (Å²) in [6.07, 6.45) is -0.183. The average molecular weight is 356 g/mol. The van der Waals surface area contributed by atoms with Crippen LogP contribution in [0, 0.1) is 0 Å². The molecule has 9 heteroatoms. The van der Waals surface area contributed by atoms with Gasteiger partial charge in [-0.05, 0) is 20.9 Å². The van der Waals surface area contributed by atoms with Gasteiger partial charge in [-0.15, -0.1) is 0 Å². The fourth-order valence-electron chi connectivity index (χ4n) is 1.03. The molecule has 0 amide bonds. The number of rotatable bonds is 7. The van der Waals surface area contributed by atoms with E-state index in [9.17, 15) is 19.2 Å². The monoisotopic (exact) mass is 354 g/mol. The Morgan fingerprint density at radius 1 is 1.14 bits per heavy atom. The number of ether oxygens (including phenoxy) is 1. The molecule has 0 saturated carbocycles. The number of Topliss-reactive ketones (excluding diaryl/α,β-unsaturated/α-hetero) is 2. The molecule has 0 aliphatic heterocycles. The molecule has 2 atom stereocenters. The van der Waals surface area contributed by atoms with Gasteiger partial charge in [0, 0.05) is 19.5 Å². The van der Waals surface area contributed by atoms with Crippen LogP contribution in [0.15, 0.2) is 0 Å². The predicted octanol–water partition coefficient (Wildman–Crippen LogP) is -0.899. The number of nitrogens with two attached hydrogens (primary N) is 1. The van der Waals surface area contributed by atoms with Gasteiger partial charge in [0.25, 0.3) is 0 Å². The number of nitrogens with one attached hydrogen (secondary N) is 1. The zero-order chi connectivity index (χ0) is 16.3. The molecule has 2 unspecified atom stereocenters. The second-order valence-corrected chi connectivity index (χ2v) is 4.05. The molecule has 118 valence electrons. The summed E-state index contributed by atoms with van der Waals surface area (Å²) < 4.78 is 4.40. The van der Waals surface area contributed by atoms with Crippen molar-refractivity contribution in [2.75, 3.05) is 14.2 Å². The van der Waals surface area contributed by atoms with Crippen LogP contribution in [0.4, 0.5) is 0 Å². The summed E-state index contributed by atoms with van der Waals surface area (Å²) in [6, 6.07) is -1.26. The first kappa shape index (κ1) is 24.8. The third kappa shape index (κ3) is 15.0. The number of aliphatic carboxylic acids is 1. The van der Waals surface area contributed by atoms with Crippen LogP contribution >= 0.6 is 0 Å². The summed E-state index contributed by atoms with van der Waals surface area (Å²) in [4.78, 5) is 41.6. The van der Waals surface area contributed by atoms with Crippen LogP contribution in [0.3, 0.4) is 0 Å². The summed E-state index contributed by atoms with van der Waals surface area (Å²) in [5.74, 6) is -1.77. The average Bonchev–Trinajstić information content (AvgIpc) is 2.34. The number of hydrogen-bond donors (Lipinski definition) is 3. The van der Waals surface area contributed by atoms with E-state index in [2.05, 4.69) is 10.1 Å². The fourth-order valence-corrected chi connectivity index (χ4v) is 1.03. The molecule has 0 bridgehead atoms. The van der Waals surface area contributed by atoms with Gasteiger partial charge in [-0.3, -0.25) is 19.2 Å². The summed E-state index contributed by atoms with van der Waals surface area (Å²) in [6.45, 7) is 2.71. The zero-order valence-electron chi connectivity index (χ0n) is 12.8. The quantitative estimate of drug-likeness (QED) is 0.395. The van der Waals surface area contributed by atoms with Crippen LogP contribution in [0.2, 0.25) is 0 Å². The molecular formula is C12H22N2O6Zn. The second kappa shape index (κ2) is 13.8. The van der Waals surface area contributed by atoms with Crippen molar-refractivity contribution in [3.05, 3.63) is 0 Å². The number of likely N-dealkylation sites (N-methyl/N-ethyl adjacent to an activating group) is 1. The van der Waals surface area contributed by atoms with Crippen LogP contribution in [0.25, 0.3) is 0 Å². The molecule has 0 aliphatic carbocycles. The molecule has 8 nitrogen and oxygen atoms in total. The number of hydrogen-bond acceptors (Lipinski definition) is 7. The fraction of sp³-hybridized carbons (Fsp3) is 0.667. The number of carbonyl (C=O) groups excluding carboxylic acids is 3. The van der Waals surface area contributed by atoms with Gasteiger partial charge in [0.2, 0.25) is 0 Å². The minimum atomic E-state index is -1.04. The van der Waals surface area contributed by atoms with Gasteiger partial charge in [-0.25, -0.2) is 0 Å². The van der Waals surface area contributed by atoms with Gasteiger partial charge >= 0.3 is 11.9 Å². The third-order valence-corrected chi connectivity index (χ3v) is 2.35. The number of carboxylic acid groups (broad SMARTS) is 1. The van der Waals surface area contributed by atoms with E-state index in [4.69, 9.17) is 10.8 Å². The van der Waals surface area contributed by atoms with Crippen molar-refractivity contribution in [3.63, 3.8) is 0 Å². The van der Waals surface area contributed by atoms with E-state index in [1.54, 1.807) is 7.05 Å². The van der Waals surface area contributed by atoms with Crippen molar-refractivity contribution in [1.29, 1.82) is 0 Å². The van der Waals surface area contributed by atoms with E-state index in [-0.39, 0.29) is 49.9 Å². The first-order valence-electron chi connectivity index (χ1n) is 5.88. The number of ketones is 2. The van der Waals surface area contributed by atoms with E-state index in [0.29, 0.717) is 0 Å². The topological polar surface area (TPSA) is 136 Å². The minimum Gasteiger partial charge on any atom is -0.481 e. The molecule has 21 heavy (non-hydrogen) atoms. The van der Waals surface area contributed by atoms with E-state index < -0.39 is 18.1 Å². The van der Waals surface area contributed by atoms with Crippen LogP contribution in [-0.4, -0.2) is 54.9 Å². The summed E-state index contributed by atoms with van der Waals surface area (Å²) in [5.41, 5.74) is 5.09. The summed E-state index contributed by atoms with van der Waals surface area (Å²) >= 11 is 0. The molecule has 0 saturated heterocycles. The molecule has 0 fully saturated rings. The van der Waals surface area contributed by atoms with E-state index in [1.807, 2.05) is 0 Å². The normalized spacial score (nSPS) is 11.9. The van der Waals surface area contributed by atoms with Crippen LogP contribution in [0.1, 0.15) is 26.7 Å². The van der Waals surface area contributed by atoms with Crippen molar-refractivity contribution in [1.82, 2.24) is 5.32 Å². The number of methoxy groups -OCH3 is 1. The Kier molecular flexibility index (Phi) is 16.3. The van der Waals surface area contributed by atoms with E-state index in [1.165, 1.54) is 21.0 Å². The Labute approximate surface area is 136 Å². The van der Waals surface area contributed by atoms with Crippen molar-refractivity contribution >= 4 is 23.5 Å². The van der Waals surface area contributed by atoms with Crippen molar-refractivity contribution in [2.24, 2.45) is 5.73 Å². The Hall–Kier alpha value is -1.18. The smallest absolute Gasteiger partial charge is 0.307 e. The van der Waals surface area contributed by atoms with Crippen molar-refractivity contribution in [3.8, 4) is 0 Å². The molecule has 0 aliphatic rings. The van der Waals surface area contributed by atoms with E-state index >= 15 is 0 Å². The first-order valence-corrected chi connectivity index (χ1v) is 5.88. The van der Waals surface area contributed by atoms with Crippen molar-refractivity contribution in [2.45, 2.75) is 38.8 Å². The standard InChI is InChI=1S/C7H13NO3.C5H9NO3.Zn/c1-5(9)6(8-2)4-7(10)11-3;1-3(7)4(6)2-5(8)9;/h6,8H,4H2,1-3H3;4H,2,6H2,1H3,(H,8,9);. The van der Waals surface area contributed by atoms with Gasteiger partial charge < -0.3 is 20.9 Å². The molecule has 0 rings (SSSR count). The molecule has 4 N–H and O–H groups in total. The maximum Gasteiger partial charge on any atom is 0.307 e. The zero-order valence-corrected chi connectivity index (χ0v) is 15.8. The molecule has 0 aromatic rings. The Bertz CT molecular complexity index is 362. The first-order chi connectivity index (χ1) is 9.15. The largest absolute Gasteiger partial charge is 0.481 e. The van der Waals surface area contributed by atoms with Gasteiger partial charge in [0.1, 0.15) is 11.6 Å². The SMILES string of the molecule is CC(=O)C(N)CC(=O)O.CNC(CC(=O)OC)C(C)=O.[Zn]. The molecule has 0 spiro atoms. The van der Waals surface area contributed by atoms with Crippen LogP contribution in [0.5, 0.6) is 0 Å².